The van der Waals surface area contributed by atoms with Crippen LogP contribution in [0, 0.1) is 0 Å². The Balaban J connectivity index is 2.45. The van der Waals surface area contributed by atoms with E-state index in [1.54, 1.807) is 19.1 Å². The van der Waals surface area contributed by atoms with Crippen molar-refractivity contribution in [2.45, 2.75) is 26.4 Å². The summed E-state index contributed by atoms with van der Waals surface area (Å²) in [5.74, 6) is -0.791. The molecule has 6 nitrogen and oxygen atoms in total. The molecule has 2 aromatic rings. The second-order valence-corrected chi connectivity index (χ2v) is 4.81. The van der Waals surface area contributed by atoms with Crippen LogP contribution < -0.4 is 0 Å². The monoisotopic (exact) mass is 305 g/mol. The Bertz CT molecular complexity index is 689. The van der Waals surface area contributed by atoms with Crippen molar-refractivity contribution in [1.82, 2.24) is 4.98 Å². The van der Waals surface area contributed by atoms with Gasteiger partial charge in [0, 0.05) is 17.3 Å². The molecule has 118 valence electrons. The van der Waals surface area contributed by atoms with Crippen molar-refractivity contribution >= 4 is 22.8 Å². The van der Waals surface area contributed by atoms with E-state index in [0.717, 1.165) is 22.0 Å². The second kappa shape index (κ2) is 7.09. The minimum absolute atomic E-state index is 0.0821. The molecular formula is C16H19NO5. The highest BCUT2D eigenvalue weighted by Crippen LogP contribution is 2.26. The summed E-state index contributed by atoms with van der Waals surface area (Å²) in [5.41, 5.74) is 2.54. The summed E-state index contributed by atoms with van der Waals surface area (Å²) in [4.78, 5) is 26.5. The number of aliphatic hydroxyl groups excluding tert-OH is 1. The second-order valence-electron chi connectivity index (χ2n) is 4.81. The Morgan fingerprint density at radius 3 is 2.73 bits per heavy atom. The first-order valence-corrected chi connectivity index (χ1v) is 7.09. The number of aromatic amines is 1. The van der Waals surface area contributed by atoms with Crippen LogP contribution in [-0.4, -0.2) is 35.7 Å². The van der Waals surface area contributed by atoms with Gasteiger partial charge in [-0.3, -0.25) is 4.79 Å². The highest BCUT2D eigenvalue weighted by Gasteiger charge is 2.19. The predicted molar refractivity (Wildman–Crippen MR) is 80.5 cm³/mol. The zero-order chi connectivity index (χ0) is 16.1. The molecule has 0 aliphatic heterocycles. The number of hydrogen-bond donors (Lipinski definition) is 2. The molecule has 0 bridgehead atoms. The number of esters is 2. The molecule has 1 aromatic carbocycles. The molecule has 6 heteroatoms. The molecule has 0 amide bonds. The summed E-state index contributed by atoms with van der Waals surface area (Å²) in [7, 11) is 1.33. The lowest BCUT2D eigenvalue weighted by molar-refractivity contribution is -0.140. The fourth-order valence-electron chi connectivity index (χ4n) is 2.37. The molecule has 0 atom stereocenters. The van der Waals surface area contributed by atoms with Gasteiger partial charge in [0.25, 0.3) is 0 Å². The van der Waals surface area contributed by atoms with Gasteiger partial charge < -0.3 is 19.6 Å². The number of carbonyl (C=O) groups is 2. The predicted octanol–water partition coefficient (Wildman–Crippen LogP) is 1.94. The standard InChI is InChI=1S/C16H19NO5/c1-3-22-16(20)15-12(6-7-14(19)21-2)11-5-4-10(9-18)8-13(11)17-15/h4-5,8,17-18H,3,6-7,9H2,1-2H3. The molecule has 22 heavy (non-hydrogen) atoms. The topological polar surface area (TPSA) is 88.6 Å². The normalized spacial score (nSPS) is 10.7. The number of ether oxygens (including phenoxy) is 2. The number of rotatable bonds is 6. The zero-order valence-electron chi connectivity index (χ0n) is 12.6. The van der Waals surface area contributed by atoms with Crippen LogP contribution in [0.15, 0.2) is 18.2 Å². The largest absolute Gasteiger partial charge is 0.469 e. The van der Waals surface area contributed by atoms with Crippen LogP contribution in [0.1, 0.15) is 35.0 Å². The number of aryl methyl sites for hydroxylation is 1. The Labute approximate surface area is 128 Å². The number of fused-ring (bicyclic) bond motifs is 1. The number of aromatic nitrogens is 1. The average molecular weight is 305 g/mol. The van der Waals surface area contributed by atoms with Crippen molar-refractivity contribution in [2.24, 2.45) is 0 Å². The molecule has 0 aliphatic carbocycles. The highest BCUT2D eigenvalue weighted by atomic mass is 16.5. The number of methoxy groups -OCH3 is 1. The van der Waals surface area contributed by atoms with Gasteiger partial charge >= 0.3 is 11.9 Å². The first-order chi connectivity index (χ1) is 10.6. The van der Waals surface area contributed by atoms with Gasteiger partial charge in [0.2, 0.25) is 0 Å². The maximum Gasteiger partial charge on any atom is 0.355 e. The summed E-state index contributed by atoms with van der Waals surface area (Å²) >= 11 is 0. The minimum atomic E-state index is -0.455. The van der Waals surface area contributed by atoms with Gasteiger partial charge in [-0.2, -0.15) is 0 Å². The summed E-state index contributed by atoms with van der Waals surface area (Å²) in [6.07, 6.45) is 0.552. The van der Waals surface area contributed by atoms with Gasteiger partial charge in [-0.05, 0) is 30.5 Å². The van der Waals surface area contributed by atoms with E-state index >= 15 is 0 Å². The number of benzene rings is 1. The van der Waals surface area contributed by atoms with Crippen LogP contribution in [0.5, 0.6) is 0 Å². The van der Waals surface area contributed by atoms with Crippen LogP contribution in [0.4, 0.5) is 0 Å². The number of aliphatic hydroxyl groups is 1. The number of hydrogen-bond acceptors (Lipinski definition) is 5. The molecule has 0 saturated carbocycles. The van der Waals surface area contributed by atoms with Crippen LogP contribution >= 0.6 is 0 Å². The van der Waals surface area contributed by atoms with Crippen molar-refractivity contribution < 1.29 is 24.2 Å². The quantitative estimate of drug-likeness (QED) is 0.796. The lowest BCUT2D eigenvalue weighted by Crippen LogP contribution is -2.09. The summed E-state index contributed by atoms with van der Waals surface area (Å²) in [6, 6.07) is 5.39. The molecule has 0 saturated heterocycles. The van der Waals surface area contributed by atoms with Gasteiger partial charge in [0.15, 0.2) is 0 Å². The van der Waals surface area contributed by atoms with Gasteiger partial charge in [0.1, 0.15) is 5.69 Å². The van der Waals surface area contributed by atoms with Crippen LogP contribution in [0.2, 0.25) is 0 Å². The zero-order valence-corrected chi connectivity index (χ0v) is 12.6. The summed E-state index contributed by atoms with van der Waals surface area (Å²) < 4.78 is 9.70. The number of nitrogens with one attached hydrogen (secondary N) is 1. The third kappa shape index (κ3) is 3.28. The van der Waals surface area contributed by atoms with Crippen LogP contribution in [-0.2, 0) is 27.3 Å². The first kappa shape index (κ1) is 16.0. The minimum Gasteiger partial charge on any atom is -0.469 e. The molecule has 1 heterocycles. The Kier molecular flexibility index (Phi) is 5.16. The maximum absolute atomic E-state index is 12.1. The molecule has 0 unspecified atom stereocenters. The van der Waals surface area contributed by atoms with E-state index in [4.69, 9.17) is 4.74 Å². The van der Waals surface area contributed by atoms with E-state index in [2.05, 4.69) is 9.72 Å². The van der Waals surface area contributed by atoms with Crippen molar-refractivity contribution in [2.75, 3.05) is 13.7 Å². The molecule has 0 aliphatic rings. The smallest absolute Gasteiger partial charge is 0.355 e. The molecule has 0 spiro atoms. The third-order valence-corrected chi connectivity index (χ3v) is 3.44. The van der Waals surface area contributed by atoms with E-state index < -0.39 is 5.97 Å². The molecule has 2 N–H and O–H groups in total. The fraction of sp³-hybridized carbons (Fsp3) is 0.375. The van der Waals surface area contributed by atoms with Crippen molar-refractivity contribution in [3.63, 3.8) is 0 Å². The van der Waals surface area contributed by atoms with Gasteiger partial charge in [-0.1, -0.05) is 12.1 Å². The van der Waals surface area contributed by atoms with Gasteiger partial charge in [-0.15, -0.1) is 0 Å². The lowest BCUT2D eigenvalue weighted by atomic mass is 10.0. The van der Waals surface area contributed by atoms with Crippen LogP contribution in [0.3, 0.4) is 0 Å². The van der Waals surface area contributed by atoms with Crippen molar-refractivity contribution in [3.8, 4) is 0 Å². The van der Waals surface area contributed by atoms with Crippen molar-refractivity contribution in [1.29, 1.82) is 0 Å². The van der Waals surface area contributed by atoms with E-state index in [9.17, 15) is 14.7 Å². The van der Waals surface area contributed by atoms with Crippen molar-refractivity contribution in [3.05, 3.63) is 35.0 Å². The highest BCUT2D eigenvalue weighted by molar-refractivity contribution is 5.98. The SMILES string of the molecule is CCOC(=O)c1[nH]c2cc(CO)ccc2c1CCC(=O)OC. The Hall–Kier alpha value is -2.34. The molecule has 0 radical (unpaired) electrons. The number of H-pyrrole nitrogens is 1. The molecule has 0 fully saturated rings. The lowest BCUT2D eigenvalue weighted by Gasteiger charge is -2.04. The molecule has 1 aromatic heterocycles. The van der Waals surface area contributed by atoms with E-state index in [-0.39, 0.29) is 25.6 Å². The third-order valence-electron chi connectivity index (χ3n) is 3.44. The van der Waals surface area contributed by atoms with E-state index in [0.29, 0.717) is 12.1 Å². The maximum atomic E-state index is 12.1. The first-order valence-electron chi connectivity index (χ1n) is 7.09. The van der Waals surface area contributed by atoms with Crippen LogP contribution in [0.25, 0.3) is 10.9 Å². The molecular weight excluding hydrogens is 286 g/mol. The fourth-order valence-corrected chi connectivity index (χ4v) is 2.37. The average Bonchev–Trinajstić information content (AvgIpc) is 2.90. The summed E-state index contributed by atoms with van der Waals surface area (Å²) in [6.45, 7) is 1.92. The van der Waals surface area contributed by atoms with E-state index in [1.165, 1.54) is 7.11 Å². The van der Waals surface area contributed by atoms with Gasteiger partial charge in [-0.25, -0.2) is 4.79 Å². The number of carbonyl (C=O) groups excluding carboxylic acids is 2. The Morgan fingerprint density at radius 1 is 1.32 bits per heavy atom. The van der Waals surface area contributed by atoms with Gasteiger partial charge in [0.05, 0.1) is 20.3 Å². The molecule has 2 rings (SSSR count). The summed E-state index contributed by atoms with van der Waals surface area (Å²) in [5, 5.41) is 10.0. The van der Waals surface area contributed by atoms with E-state index in [1.807, 2.05) is 6.07 Å². The Morgan fingerprint density at radius 2 is 2.09 bits per heavy atom.